The molecule has 0 fully saturated rings. The summed E-state index contributed by atoms with van der Waals surface area (Å²) in [6, 6.07) is 2.90. The number of hydrogen-bond donors (Lipinski definition) is 1. The molecule has 1 aromatic heterocycles. The van der Waals surface area contributed by atoms with Crippen molar-refractivity contribution in [1.29, 1.82) is 5.26 Å². The molecule has 1 rings (SSSR count). The van der Waals surface area contributed by atoms with Gasteiger partial charge in [-0.15, -0.1) is 11.3 Å². The first kappa shape index (κ1) is 12.4. The van der Waals surface area contributed by atoms with Gasteiger partial charge >= 0.3 is 18.3 Å². The van der Waals surface area contributed by atoms with Crippen LogP contribution in [0.5, 0.6) is 0 Å². The average molecular weight is 252 g/mol. The van der Waals surface area contributed by atoms with E-state index in [9.17, 15) is 22.4 Å². The van der Waals surface area contributed by atoms with Crippen LogP contribution in [-0.4, -0.2) is 18.3 Å². The van der Waals surface area contributed by atoms with Crippen LogP contribution in [0.1, 0.15) is 5.56 Å². The molecule has 16 heavy (non-hydrogen) atoms. The second-order valence-corrected chi connectivity index (χ2v) is 3.57. The van der Waals surface area contributed by atoms with Crippen molar-refractivity contribution in [2.45, 2.75) is 12.3 Å². The monoisotopic (exact) mass is 252 g/mol. The lowest BCUT2D eigenvalue weighted by atomic mass is 10.3. The predicted octanol–water partition coefficient (Wildman–Crippen LogP) is 2.46. The second-order valence-electron chi connectivity index (χ2n) is 2.65. The highest BCUT2D eigenvalue weighted by Crippen LogP contribution is 2.28. The van der Waals surface area contributed by atoms with Gasteiger partial charge in [0.15, 0.2) is 0 Å². The van der Waals surface area contributed by atoms with Gasteiger partial charge in [-0.1, -0.05) is 0 Å². The molecule has 0 aliphatic rings. The number of thiophene rings is 1. The molecular formula is C8H4F4N2OS. The molecule has 0 atom stereocenters. The summed E-state index contributed by atoms with van der Waals surface area (Å²) in [6.45, 7) is 0. The van der Waals surface area contributed by atoms with E-state index in [0.717, 1.165) is 11.3 Å². The molecule has 0 aliphatic carbocycles. The number of rotatable bonds is 3. The quantitative estimate of drug-likeness (QED) is 0.840. The number of hydrogen-bond acceptors (Lipinski definition) is 3. The van der Waals surface area contributed by atoms with Gasteiger partial charge in [-0.2, -0.15) is 14.0 Å². The number of halogens is 4. The molecule has 1 aromatic rings. The first-order valence-corrected chi connectivity index (χ1v) is 4.72. The van der Waals surface area contributed by atoms with Crippen LogP contribution in [0.25, 0.3) is 0 Å². The van der Waals surface area contributed by atoms with Gasteiger partial charge in [0.2, 0.25) is 0 Å². The molecule has 0 radical (unpaired) electrons. The van der Waals surface area contributed by atoms with Gasteiger partial charge in [0, 0.05) is 0 Å². The lowest BCUT2D eigenvalue weighted by molar-refractivity contribution is -0.163. The van der Waals surface area contributed by atoms with E-state index in [0.29, 0.717) is 0 Å². The van der Waals surface area contributed by atoms with Crippen LogP contribution in [0, 0.1) is 11.3 Å². The van der Waals surface area contributed by atoms with Gasteiger partial charge in [0.25, 0.3) is 0 Å². The Morgan fingerprint density at radius 3 is 2.69 bits per heavy atom. The first-order valence-electron chi connectivity index (χ1n) is 3.84. The molecule has 0 bridgehead atoms. The fourth-order valence-corrected chi connectivity index (χ4v) is 1.51. The number of anilines is 1. The zero-order chi connectivity index (χ0) is 12.3. The van der Waals surface area contributed by atoms with Crippen LogP contribution in [0.15, 0.2) is 11.4 Å². The molecule has 86 valence electrons. The van der Waals surface area contributed by atoms with Crippen molar-refractivity contribution in [1.82, 2.24) is 0 Å². The molecule has 0 unspecified atom stereocenters. The largest absolute Gasteiger partial charge is 0.383 e. The minimum absolute atomic E-state index is 0.0524. The minimum Gasteiger partial charge on any atom is -0.311 e. The van der Waals surface area contributed by atoms with E-state index in [-0.39, 0.29) is 10.6 Å². The highest BCUT2D eigenvalue weighted by atomic mass is 32.1. The van der Waals surface area contributed by atoms with Gasteiger partial charge in [0.05, 0.1) is 5.56 Å². The number of carbonyl (C=O) groups excluding carboxylic acids is 1. The number of nitriles is 1. The number of alkyl halides is 4. The third-order valence-electron chi connectivity index (χ3n) is 1.59. The molecule has 0 saturated carbocycles. The van der Waals surface area contributed by atoms with Gasteiger partial charge in [-0.25, -0.2) is 8.78 Å². The van der Waals surface area contributed by atoms with E-state index in [4.69, 9.17) is 5.26 Å². The highest BCUT2D eigenvalue weighted by Gasteiger charge is 2.49. The molecule has 1 heterocycles. The van der Waals surface area contributed by atoms with Gasteiger partial charge in [-0.05, 0) is 11.4 Å². The summed E-state index contributed by atoms with van der Waals surface area (Å²) in [6.07, 6.45) is -4.09. The van der Waals surface area contributed by atoms with Crippen LogP contribution in [0.3, 0.4) is 0 Å². The topological polar surface area (TPSA) is 52.9 Å². The fraction of sp³-hybridized carbons (Fsp3) is 0.250. The van der Waals surface area contributed by atoms with E-state index in [1.807, 2.05) is 0 Å². The summed E-state index contributed by atoms with van der Waals surface area (Å²) in [5.41, 5.74) is -0.0524. The molecule has 1 N–H and O–H groups in total. The third-order valence-corrected chi connectivity index (χ3v) is 2.42. The molecule has 3 nitrogen and oxygen atoms in total. The van der Waals surface area contributed by atoms with E-state index < -0.39 is 18.3 Å². The molecule has 0 aromatic carbocycles. The van der Waals surface area contributed by atoms with Crippen molar-refractivity contribution < 1.29 is 22.4 Å². The van der Waals surface area contributed by atoms with Gasteiger partial charge in [-0.3, -0.25) is 4.79 Å². The lowest BCUT2D eigenvalue weighted by Gasteiger charge is -2.13. The molecule has 8 heteroatoms. The van der Waals surface area contributed by atoms with Gasteiger partial charge in [0.1, 0.15) is 11.1 Å². The summed E-state index contributed by atoms with van der Waals surface area (Å²) >= 11 is 0.798. The Bertz CT molecular complexity index is 437. The Labute approximate surface area is 91.3 Å². The summed E-state index contributed by atoms with van der Waals surface area (Å²) in [5, 5.41) is 11.3. The van der Waals surface area contributed by atoms with Crippen molar-refractivity contribution in [3.8, 4) is 6.07 Å². The Balaban J connectivity index is 2.84. The van der Waals surface area contributed by atoms with Crippen molar-refractivity contribution in [2.75, 3.05) is 5.32 Å². The normalized spacial score (nSPS) is 11.2. The third kappa shape index (κ3) is 2.30. The summed E-state index contributed by atoms with van der Waals surface area (Å²) in [4.78, 5) is 10.8. The number of nitrogens with one attached hydrogen (secondary N) is 1. The Hall–Kier alpha value is -1.62. The zero-order valence-electron chi connectivity index (χ0n) is 7.51. The maximum absolute atomic E-state index is 12.5. The van der Waals surface area contributed by atoms with E-state index >= 15 is 0 Å². The summed E-state index contributed by atoms with van der Waals surface area (Å²) in [5.74, 6) is -6.89. The number of nitrogens with zero attached hydrogens (tertiary/aromatic N) is 1. The first-order chi connectivity index (χ1) is 7.39. The van der Waals surface area contributed by atoms with Crippen LogP contribution >= 0.6 is 11.3 Å². The SMILES string of the molecule is N#Cc1ccsc1NC(=O)C(F)(F)C(F)F. The van der Waals surface area contributed by atoms with Crippen molar-refractivity contribution in [3.63, 3.8) is 0 Å². The van der Waals surface area contributed by atoms with Crippen LogP contribution in [0.4, 0.5) is 22.6 Å². The Morgan fingerprint density at radius 1 is 1.56 bits per heavy atom. The number of carbonyl (C=O) groups is 1. The van der Waals surface area contributed by atoms with Crippen LogP contribution in [-0.2, 0) is 4.79 Å². The summed E-state index contributed by atoms with van der Waals surface area (Å²) < 4.78 is 48.7. The van der Waals surface area contributed by atoms with Gasteiger partial charge < -0.3 is 5.32 Å². The van der Waals surface area contributed by atoms with Crippen LogP contribution < -0.4 is 5.32 Å². The molecule has 1 amide bonds. The average Bonchev–Trinajstić information content (AvgIpc) is 2.64. The maximum atomic E-state index is 12.5. The van der Waals surface area contributed by atoms with E-state index in [2.05, 4.69) is 0 Å². The molecular weight excluding hydrogens is 248 g/mol. The van der Waals surface area contributed by atoms with Crippen molar-refractivity contribution >= 4 is 22.2 Å². The highest BCUT2D eigenvalue weighted by molar-refractivity contribution is 7.14. The number of amides is 1. The van der Waals surface area contributed by atoms with E-state index in [1.165, 1.54) is 11.4 Å². The lowest BCUT2D eigenvalue weighted by Crippen LogP contribution is -2.40. The summed E-state index contributed by atoms with van der Waals surface area (Å²) in [7, 11) is 0. The van der Waals surface area contributed by atoms with Crippen LogP contribution in [0.2, 0.25) is 0 Å². The fourth-order valence-electron chi connectivity index (χ4n) is 0.780. The second kappa shape index (κ2) is 4.49. The Kier molecular flexibility index (Phi) is 3.49. The smallest absolute Gasteiger partial charge is 0.311 e. The molecule has 0 aliphatic heterocycles. The Morgan fingerprint density at radius 2 is 2.19 bits per heavy atom. The molecule has 0 saturated heterocycles. The predicted molar refractivity (Wildman–Crippen MR) is 48.6 cm³/mol. The maximum Gasteiger partial charge on any atom is 0.383 e. The minimum atomic E-state index is -4.77. The standard InChI is InChI=1S/C8H4F4N2OS/c9-6(10)8(11,12)7(15)14-5-4(3-13)1-2-16-5/h1-2,6H,(H,14,15). The van der Waals surface area contributed by atoms with E-state index in [1.54, 1.807) is 11.4 Å². The van der Waals surface area contributed by atoms with Crippen molar-refractivity contribution in [2.24, 2.45) is 0 Å². The molecule has 0 spiro atoms. The zero-order valence-corrected chi connectivity index (χ0v) is 8.32. The van der Waals surface area contributed by atoms with Crippen molar-refractivity contribution in [3.05, 3.63) is 17.0 Å².